The number of pyridine rings is 1. The van der Waals surface area contributed by atoms with E-state index >= 15 is 0 Å². The number of aromatic nitrogens is 1. The van der Waals surface area contributed by atoms with Crippen LogP contribution in [0, 0.1) is 12.3 Å². The van der Waals surface area contributed by atoms with Crippen LogP contribution < -0.4 is 4.74 Å². The number of furan rings is 1. The molecule has 6 nitrogen and oxygen atoms in total. The highest BCUT2D eigenvalue weighted by molar-refractivity contribution is 6.10. The van der Waals surface area contributed by atoms with E-state index in [2.05, 4.69) is 24.9 Å². The van der Waals surface area contributed by atoms with Crippen molar-refractivity contribution in [2.24, 2.45) is 10.4 Å². The van der Waals surface area contributed by atoms with E-state index in [1.54, 1.807) is 12.1 Å². The maximum atomic E-state index is 10.4. The molecule has 3 heterocycles. The lowest BCUT2D eigenvalue weighted by molar-refractivity contribution is 0.102. The Morgan fingerprint density at radius 1 is 1.03 bits per heavy atom. The molecule has 0 amide bonds. The molecule has 1 saturated carbocycles. The van der Waals surface area contributed by atoms with Crippen LogP contribution in [0.1, 0.15) is 37.8 Å². The third-order valence-corrected chi connectivity index (χ3v) is 7.52. The number of hydrogen-bond donors (Lipinski definition) is 1. The van der Waals surface area contributed by atoms with E-state index in [0.717, 1.165) is 45.7 Å². The molecule has 1 N–H and O–H groups in total. The molecular formula is C30H26N2O4. The van der Waals surface area contributed by atoms with E-state index in [-0.39, 0.29) is 23.3 Å². The molecule has 36 heavy (non-hydrogen) atoms. The molecule has 2 aliphatic rings. The quantitative estimate of drug-likeness (QED) is 0.295. The number of aromatic hydroxyl groups is 1. The Morgan fingerprint density at radius 2 is 1.89 bits per heavy atom. The molecule has 180 valence electrons. The minimum atomic E-state index is 0.0854. The number of aliphatic imine (C=N–C) groups is 1. The summed E-state index contributed by atoms with van der Waals surface area (Å²) in [6, 6.07) is 19.5. The van der Waals surface area contributed by atoms with Crippen molar-refractivity contribution < 1.29 is 19.0 Å². The Balaban J connectivity index is 1.37. The van der Waals surface area contributed by atoms with Gasteiger partial charge in [0.05, 0.1) is 6.04 Å². The van der Waals surface area contributed by atoms with Gasteiger partial charge in [0.15, 0.2) is 11.3 Å². The van der Waals surface area contributed by atoms with Gasteiger partial charge in [-0.25, -0.2) is 9.98 Å². The average molecular weight is 479 g/mol. The third-order valence-electron chi connectivity index (χ3n) is 7.52. The van der Waals surface area contributed by atoms with Gasteiger partial charge < -0.3 is 19.0 Å². The van der Waals surface area contributed by atoms with Gasteiger partial charge in [0.1, 0.15) is 23.0 Å². The SMILES string of the molecule is Cc1cc(O)c2nc(Oc3cc(C4=N[C@H]5CCC(C)(C)[C@@H]5O4)cc4c3oc3ccccc34)ccc2c1. The van der Waals surface area contributed by atoms with Gasteiger partial charge in [0, 0.05) is 33.2 Å². The molecule has 2 atom stereocenters. The number of nitrogens with zero attached hydrogens (tertiary/aromatic N) is 2. The number of rotatable bonds is 3. The highest BCUT2D eigenvalue weighted by Crippen LogP contribution is 2.45. The van der Waals surface area contributed by atoms with Crippen LogP contribution in [0.25, 0.3) is 32.8 Å². The fourth-order valence-corrected chi connectivity index (χ4v) is 5.66. The zero-order valence-corrected chi connectivity index (χ0v) is 20.4. The Bertz CT molecular complexity index is 1720. The van der Waals surface area contributed by atoms with Gasteiger partial charge in [-0.3, -0.25) is 0 Å². The molecular weight excluding hydrogens is 452 g/mol. The largest absolute Gasteiger partial charge is 0.506 e. The minimum absolute atomic E-state index is 0.0854. The number of phenols is 1. The molecule has 7 rings (SSSR count). The summed E-state index contributed by atoms with van der Waals surface area (Å²) in [6.07, 6.45) is 2.23. The topological polar surface area (TPSA) is 77.1 Å². The minimum Gasteiger partial charge on any atom is -0.506 e. The van der Waals surface area contributed by atoms with Crippen molar-refractivity contribution in [3.8, 4) is 17.4 Å². The number of aryl methyl sites for hydroxylation is 1. The first kappa shape index (κ1) is 21.2. The number of phenolic OH excluding ortho intramolecular Hbond substituents is 1. The zero-order chi connectivity index (χ0) is 24.6. The summed E-state index contributed by atoms with van der Waals surface area (Å²) in [5.41, 5.74) is 3.83. The highest BCUT2D eigenvalue weighted by atomic mass is 16.5. The maximum Gasteiger partial charge on any atom is 0.220 e. The summed E-state index contributed by atoms with van der Waals surface area (Å²) < 4.78 is 19.0. The van der Waals surface area contributed by atoms with Crippen LogP contribution in [0.2, 0.25) is 0 Å². The summed E-state index contributed by atoms with van der Waals surface area (Å²) in [6.45, 7) is 6.44. The van der Waals surface area contributed by atoms with Crippen LogP contribution in [-0.2, 0) is 4.74 Å². The molecule has 3 aromatic carbocycles. The van der Waals surface area contributed by atoms with E-state index in [4.69, 9.17) is 18.9 Å². The predicted octanol–water partition coefficient (Wildman–Crippen LogP) is 7.27. The summed E-state index contributed by atoms with van der Waals surface area (Å²) in [4.78, 5) is 9.54. The van der Waals surface area contributed by atoms with Crippen LogP contribution in [0.5, 0.6) is 17.4 Å². The molecule has 0 bridgehead atoms. The normalized spacial score (nSPS) is 20.6. The summed E-state index contributed by atoms with van der Waals surface area (Å²) in [5, 5.41) is 13.2. The van der Waals surface area contributed by atoms with Crippen LogP contribution >= 0.6 is 0 Å². The van der Waals surface area contributed by atoms with Crippen molar-refractivity contribution in [1.82, 2.24) is 4.98 Å². The summed E-state index contributed by atoms with van der Waals surface area (Å²) in [5.74, 6) is 1.67. The van der Waals surface area contributed by atoms with Crippen molar-refractivity contribution in [1.29, 1.82) is 0 Å². The number of ether oxygens (including phenoxy) is 2. The zero-order valence-electron chi connectivity index (χ0n) is 20.4. The molecule has 0 unspecified atom stereocenters. The Kier molecular flexibility index (Phi) is 4.41. The molecule has 1 aliphatic carbocycles. The molecule has 1 fully saturated rings. The van der Waals surface area contributed by atoms with Crippen LogP contribution in [0.3, 0.4) is 0 Å². The van der Waals surface area contributed by atoms with Gasteiger partial charge in [0.25, 0.3) is 0 Å². The molecule has 0 saturated heterocycles. The van der Waals surface area contributed by atoms with Gasteiger partial charge in [-0.2, -0.15) is 0 Å². The molecule has 0 spiro atoms. The van der Waals surface area contributed by atoms with Crippen molar-refractivity contribution in [2.45, 2.75) is 45.8 Å². The Labute approximate surface area is 208 Å². The first-order chi connectivity index (χ1) is 17.4. The number of fused-ring (bicyclic) bond motifs is 5. The lowest BCUT2D eigenvalue weighted by Crippen LogP contribution is -2.30. The second-order valence-corrected chi connectivity index (χ2v) is 10.6. The van der Waals surface area contributed by atoms with Crippen LogP contribution in [-0.4, -0.2) is 28.1 Å². The van der Waals surface area contributed by atoms with E-state index in [1.807, 2.05) is 49.4 Å². The van der Waals surface area contributed by atoms with E-state index < -0.39 is 0 Å². The lowest BCUT2D eigenvalue weighted by atomic mass is 9.89. The summed E-state index contributed by atoms with van der Waals surface area (Å²) in [7, 11) is 0. The first-order valence-corrected chi connectivity index (χ1v) is 12.3. The van der Waals surface area contributed by atoms with Gasteiger partial charge in [0.2, 0.25) is 11.8 Å². The summed E-state index contributed by atoms with van der Waals surface area (Å²) >= 11 is 0. The van der Waals surface area contributed by atoms with Crippen molar-refractivity contribution in [3.63, 3.8) is 0 Å². The van der Waals surface area contributed by atoms with Crippen molar-refractivity contribution in [2.75, 3.05) is 0 Å². The van der Waals surface area contributed by atoms with Crippen LogP contribution in [0.4, 0.5) is 0 Å². The Morgan fingerprint density at radius 3 is 2.75 bits per heavy atom. The molecule has 1 aliphatic heterocycles. The smallest absolute Gasteiger partial charge is 0.220 e. The molecule has 5 aromatic rings. The van der Waals surface area contributed by atoms with Gasteiger partial charge >= 0.3 is 0 Å². The molecule has 6 heteroatoms. The first-order valence-electron chi connectivity index (χ1n) is 12.3. The molecule has 0 radical (unpaired) electrons. The van der Waals surface area contributed by atoms with Gasteiger partial charge in [-0.1, -0.05) is 32.0 Å². The maximum absolute atomic E-state index is 10.4. The van der Waals surface area contributed by atoms with E-state index in [1.165, 1.54) is 0 Å². The monoisotopic (exact) mass is 478 g/mol. The number of para-hydroxylation sites is 1. The Hall–Kier alpha value is -4.06. The second kappa shape index (κ2) is 7.47. The highest BCUT2D eigenvalue weighted by Gasteiger charge is 2.48. The average Bonchev–Trinajstić information content (AvgIpc) is 3.53. The number of hydrogen-bond acceptors (Lipinski definition) is 6. The second-order valence-electron chi connectivity index (χ2n) is 10.6. The van der Waals surface area contributed by atoms with Gasteiger partial charge in [-0.05, 0) is 61.7 Å². The fourth-order valence-electron chi connectivity index (χ4n) is 5.66. The lowest BCUT2D eigenvalue weighted by Gasteiger charge is -2.25. The van der Waals surface area contributed by atoms with E-state index in [0.29, 0.717) is 28.6 Å². The predicted molar refractivity (Wildman–Crippen MR) is 140 cm³/mol. The van der Waals surface area contributed by atoms with Crippen molar-refractivity contribution >= 4 is 38.7 Å². The van der Waals surface area contributed by atoms with Crippen molar-refractivity contribution in [3.05, 3.63) is 71.8 Å². The third kappa shape index (κ3) is 3.24. The van der Waals surface area contributed by atoms with E-state index in [9.17, 15) is 5.11 Å². The van der Waals surface area contributed by atoms with Gasteiger partial charge in [-0.15, -0.1) is 0 Å². The van der Waals surface area contributed by atoms with Crippen LogP contribution in [0.15, 0.2) is 70.1 Å². The standard InChI is InChI=1S/C30H26N2O4/c1-16-12-17-8-9-25(32-26(17)22(33)13-16)34-24-15-18(29-31-21-10-11-30(2,3)28(21)36-29)14-20-19-6-4-5-7-23(19)35-27(20)24/h4-9,12-15,21,28,33H,10-11H2,1-3H3/t21-,28+/m0/s1. The fraction of sp³-hybridized carbons (Fsp3) is 0.267. The molecule has 2 aromatic heterocycles. The number of benzene rings is 3.